The zero-order valence-electron chi connectivity index (χ0n) is 22.9. The fourth-order valence-corrected chi connectivity index (χ4v) is 5.36. The first-order chi connectivity index (χ1) is 20.3. The van der Waals surface area contributed by atoms with Gasteiger partial charge in [0, 0.05) is 67.4 Å². The van der Waals surface area contributed by atoms with Crippen LogP contribution in [-0.2, 0) is 32.5 Å². The lowest BCUT2D eigenvalue weighted by atomic mass is 10.1. The maximum absolute atomic E-state index is 10.8. The molecular formula is C32H30N4O6. The van der Waals surface area contributed by atoms with Gasteiger partial charge >= 0.3 is 0 Å². The molecule has 0 spiro atoms. The quantitative estimate of drug-likeness (QED) is 0.165. The molecule has 2 aliphatic heterocycles. The molecule has 0 radical (unpaired) electrons. The van der Waals surface area contributed by atoms with Crippen molar-refractivity contribution in [3.05, 3.63) is 139 Å². The summed E-state index contributed by atoms with van der Waals surface area (Å²) >= 11 is 0. The highest BCUT2D eigenvalue weighted by Crippen LogP contribution is 2.33. The van der Waals surface area contributed by atoms with Gasteiger partial charge in [-0.15, -0.1) is 0 Å². The Hall–Kier alpha value is -5.09. The Morgan fingerprint density at radius 3 is 1.50 bits per heavy atom. The summed E-state index contributed by atoms with van der Waals surface area (Å²) in [5.74, 6) is 0. The van der Waals surface area contributed by atoms with Crippen LogP contribution in [0.5, 0.6) is 0 Å². The van der Waals surface area contributed by atoms with E-state index in [1.54, 1.807) is 36.4 Å². The highest BCUT2D eigenvalue weighted by Gasteiger charge is 2.23. The topological polar surface area (TPSA) is 130 Å². The number of benzene rings is 4. The molecule has 4 aromatic carbocycles. The van der Waals surface area contributed by atoms with E-state index in [9.17, 15) is 25.0 Å². The molecule has 0 fully saturated rings. The molecule has 0 aromatic heterocycles. The molecule has 0 atom stereocenters. The van der Waals surface area contributed by atoms with Crippen LogP contribution in [-0.4, -0.2) is 34.3 Å². The number of fused-ring (bicyclic) bond motifs is 2. The van der Waals surface area contributed by atoms with Crippen molar-refractivity contribution in [2.75, 3.05) is 22.9 Å². The number of carbonyl (C=O) groups is 1. The first-order valence-electron chi connectivity index (χ1n) is 13.6. The summed E-state index contributed by atoms with van der Waals surface area (Å²) in [7, 11) is 0. The number of nitro benzene ring substituents is 2. The Morgan fingerprint density at radius 2 is 1.10 bits per heavy atom. The Labute approximate surface area is 242 Å². The van der Waals surface area contributed by atoms with Crippen molar-refractivity contribution >= 4 is 29.0 Å². The zero-order chi connectivity index (χ0) is 29.6. The molecule has 1 N–H and O–H groups in total. The van der Waals surface area contributed by atoms with Crippen LogP contribution >= 0.6 is 0 Å². The number of aliphatic hydroxyl groups excluding tert-OH is 1. The first kappa shape index (κ1) is 28.4. The second kappa shape index (κ2) is 12.6. The summed E-state index contributed by atoms with van der Waals surface area (Å²) in [6.45, 7) is 3.29. The van der Waals surface area contributed by atoms with Crippen molar-refractivity contribution in [1.82, 2.24) is 0 Å². The molecule has 214 valence electrons. The normalized spacial score (nSPS) is 13.2. The number of nitrogens with zero attached hydrogens (tertiary/aromatic N) is 4. The van der Waals surface area contributed by atoms with Gasteiger partial charge in [0.15, 0.2) is 0 Å². The molecule has 0 amide bonds. The van der Waals surface area contributed by atoms with Crippen molar-refractivity contribution in [2.24, 2.45) is 0 Å². The smallest absolute Gasteiger partial charge is 0.269 e. The molecule has 0 saturated carbocycles. The number of aliphatic hydroxyl groups is 1. The van der Waals surface area contributed by atoms with Crippen molar-refractivity contribution in [3.63, 3.8) is 0 Å². The van der Waals surface area contributed by atoms with Crippen molar-refractivity contribution < 1.29 is 19.7 Å². The number of non-ortho nitro benzene ring substituents is 2. The van der Waals surface area contributed by atoms with Gasteiger partial charge in [-0.05, 0) is 52.8 Å². The maximum atomic E-state index is 10.8. The monoisotopic (exact) mass is 566 g/mol. The molecular weight excluding hydrogens is 536 g/mol. The molecule has 0 aliphatic carbocycles. The fourth-order valence-electron chi connectivity index (χ4n) is 5.36. The van der Waals surface area contributed by atoms with E-state index in [4.69, 9.17) is 5.11 Å². The van der Waals surface area contributed by atoms with Gasteiger partial charge in [-0.3, -0.25) is 25.0 Å². The number of anilines is 2. The van der Waals surface area contributed by atoms with Crippen LogP contribution in [0, 0.1) is 20.2 Å². The fraction of sp³-hybridized carbons (Fsp3) is 0.219. The standard InChI is InChI=1S/C16H16N2O3.C16H14N2O3/c2*19-11-13-3-1-12(2-4-13)10-17-8-7-14-9-15(18(20)21)5-6-16(14)17/h1-6,9,19H,7-8,10-11H2;1-6,9,11H,7-8,10H2. The van der Waals surface area contributed by atoms with Gasteiger partial charge < -0.3 is 14.9 Å². The number of hydrogen-bond donors (Lipinski definition) is 1. The largest absolute Gasteiger partial charge is 0.392 e. The average Bonchev–Trinajstić information content (AvgIpc) is 3.61. The lowest BCUT2D eigenvalue weighted by Crippen LogP contribution is -2.19. The summed E-state index contributed by atoms with van der Waals surface area (Å²) < 4.78 is 0. The van der Waals surface area contributed by atoms with E-state index in [0.717, 1.165) is 78.9 Å². The summed E-state index contributed by atoms with van der Waals surface area (Å²) in [4.78, 5) is 36.0. The van der Waals surface area contributed by atoms with E-state index in [-0.39, 0.29) is 27.8 Å². The molecule has 42 heavy (non-hydrogen) atoms. The second-order valence-corrected chi connectivity index (χ2v) is 10.3. The van der Waals surface area contributed by atoms with E-state index >= 15 is 0 Å². The number of aldehydes is 1. The Balaban J connectivity index is 0.000000168. The summed E-state index contributed by atoms with van der Waals surface area (Å²) in [6.07, 6.45) is 2.49. The average molecular weight is 567 g/mol. The van der Waals surface area contributed by atoms with Gasteiger partial charge in [-0.25, -0.2) is 0 Å². The number of nitro groups is 2. The minimum Gasteiger partial charge on any atom is -0.392 e. The summed E-state index contributed by atoms with van der Waals surface area (Å²) in [5, 5.41) is 30.7. The van der Waals surface area contributed by atoms with Crippen LogP contribution in [0.25, 0.3) is 0 Å². The number of hydrogen-bond acceptors (Lipinski definition) is 8. The molecule has 2 heterocycles. The Morgan fingerprint density at radius 1 is 0.667 bits per heavy atom. The first-order valence-corrected chi connectivity index (χ1v) is 13.6. The van der Waals surface area contributed by atoms with Gasteiger partial charge in [-0.2, -0.15) is 0 Å². The van der Waals surface area contributed by atoms with Crippen molar-refractivity contribution in [2.45, 2.75) is 32.5 Å². The summed E-state index contributed by atoms with van der Waals surface area (Å²) in [6, 6.07) is 25.4. The SMILES string of the molecule is O=Cc1ccc(CN2CCc3cc([N+](=O)[O-])ccc32)cc1.O=[N+]([O-])c1ccc2c(c1)CCN2Cc1ccc(CO)cc1. The maximum Gasteiger partial charge on any atom is 0.269 e. The number of carbonyl (C=O) groups excluding carboxylic acids is 1. The second-order valence-electron chi connectivity index (χ2n) is 10.3. The van der Waals surface area contributed by atoms with Crippen LogP contribution in [0.2, 0.25) is 0 Å². The predicted molar refractivity (Wildman–Crippen MR) is 160 cm³/mol. The van der Waals surface area contributed by atoms with Crippen LogP contribution in [0.4, 0.5) is 22.7 Å². The Kier molecular flexibility index (Phi) is 8.54. The lowest BCUT2D eigenvalue weighted by molar-refractivity contribution is -0.385. The van der Waals surface area contributed by atoms with Crippen LogP contribution in [0.15, 0.2) is 84.9 Å². The van der Waals surface area contributed by atoms with Gasteiger partial charge in [0.05, 0.1) is 16.5 Å². The van der Waals surface area contributed by atoms with Crippen LogP contribution in [0.1, 0.15) is 38.2 Å². The molecule has 0 unspecified atom stereocenters. The van der Waals surface area contributed by atoms with Gasteiger partial charge in [0.2, 0.25) is 0 Å². The molecule has 2 aliphatic rings. The zero-order valence-corrected chi connectivity index (χ0v) is 22.9. The van der Waals surface area contributed by atoms with E-state index in [0.29, 0.717) is 5.56 Å². The van der Waals surface area contributed by atoms with Crippen molar-refractivity contribution in [1.29, 1.82) is 0 Å². The lowest BCUT2D eigenvalue weighted by Gasteiger charge is -2.19. The third-order valence-electron chi connectivity index (χ3n) is 7.60. The molecule has 6 rings (SSSR count). The van der Waals surface area contributed by atoms with E-state index < -0.39 is 0 Å². The highest BCUT2D eigenvalue weighted by molar-refractivity contribution is 5.74. The molecule has 10 heteroatoms. The summed E-state index contributed by atoms with van der Waals surface area (Å²) in [5.41, 5.74) is 8.34. The van der Waals surface area contributed by atoms with Crippen LogP contribution < -0.4 is 9.80 Å². The highest BCUT2D eigenvalue weighted by atomic mass is 16.6. The van der Waals surface area contributed by atoms with Crippen molar-refractivity contribution in [3.8, 4) is 0 Å². The minimum absolute atomic E-state index is 0.0521. The Bertz CT molecular complexity index is 1600. The van der Waals surface area contributed by atoms with Crippen LogP contribution in [0.3, 0.4) is 0 Å². The van der Waals surface area contributed by atoms with Gasteiger partial charge in [0.1, 0.15) is 6.29 Å². The molecule has 0 saturated heterocycles. The van der Waals surface area contributed by atoms with E-state index in [1.807, 2.05) is 48.5 Å². The molecule has 0 bridgehead atoms. The third kappa shape index (κ3) is 6.45. The van der Waals surface area contributed by atoms with E-state index in [2.05, 4.69) is 9.80 Å². The van der Waals surface area contributed by atoms with Gasteiger partial charge in [-0.1, -0.05) is 48.5 Å². The minimum atomic E-state index is -0.360. The third-order valence-corrected chi connectivity index (χ3v) is 7.60. The van der Waals surface area contributed by atoms with E-state index in [1.165, 1.54) is 5.56 Å². The molecule has 10 nitrogen and oxygen atoms in total. The predicted octanol–water partition coefficient (Wildman–Crippen LogP) is 5.62. The van der Waals surface area contributed by atoms with Gasteiger partial charge in [0.25, 0.3) is 11.4 Å². The number of rotatable bonds is 8. The molecule has 4 aromatic rings.